The van der Waals surface area contributed by atoms with Crippen LogP contribution in [-0.2, 0) is 20.0 Å². The fourth-order valence-electron chi connectivity index (χ4n) is 3.57. The van der Waals surface area contributed by atoms with Gasteiger partial charge in [-0.15, -0.1) is 0 Å². The largest absolute Gasteiger partial charge is 0.269 e. The quantitative estimate of drug-likeness (QED) is 0.357. The Morgan fingerprint density at radius 3 is 2.00 bits per heavy atom. The molecule has 3 aromatic heterocycles. The van der Waals surface area contributed by atoms with Gasteiger partial charge in [0.15, 0.2) is 5.65 Å². The van der Waals surface area contributed by atoms with E-state index in [0.29, 0.717) is 16.6 Å². The highest BCUT2D eigenvalue weighted by Gasteiger charge is 2.24. The molecular formula is C22H17BN4O4S2. The summed E-state index contributed by atoms with van der Waals surface area (Å²) in [5, 5.41) is 0.553. The molecule has 3 heterocycles. The van der Waals surface area contributed by atoms with Crippen molar-refractivity contribution in [3.05, 3.63) is 91.6 Å². The summed E-state index contributed by atoms with van der Waals surface area (Å²) in [6.45, 7) is 0. The average Bonchev–Trinajstić information content (AvgIpc) is 3.46. The second-order valence-corrected chi connectivity index (χ2v) is 11.1. The maximum Gasteiger partial charge on any atom is 0.269 e. The molecule has 0 saturated heterocycles. The summed E-state index contributed by atoms with van der Waals surface area (Å²) in [7, 11) is -5.92. The molecule has 11 heteroatoms. The van der Waals surface area contributed by atoms with Crippen LogP contribution in [0.1, 0.15) is 0 Å². The fourth-order valence-corrected chi connectivity index (χ4v) is 6.07. The SMILES string of the molecule is Bc1cnc2c(c1)c(-c1cn(S(=O)(=O)c3ccccc3)cn1)cn2S(=O)(=O)c1ccccc1. The molecule has 8 nitrogen and oxygen atoms in total. The first-order valence-electron chi connectivity index (χ1n) is 9.92. The Bertz CT molecular complexity index is 1700. The topological polar surface area (TPSA) is 104 Å². The number of pyridine rings is 1. The third-order valence-corrected chi connectivity index (χ3v) is 8.49. The lowest BCUT2D eigenvalue weighted by Crippen LogP contribution is -2.13. The lowest BCUT2D eigenvalue weighted by molar-refractivity contribution is 0.586. The van der Waals surface area contributed by atoms with Gasteiger partial charge in [0.1, 0.15) is 14.2 Å². The van der Waals surface area contributed by atoms with Gasteiger partial charge in [-0.25, -0.2) is 34.7 Å². The summed E-state index contributed by atoms with van der Waals surface area (Å²) >= 11 is 0. The van der Waals surface area contributed by atoms with E-state index in [2.05, 4.69) is 9.97 Å². The monoisotopic (exact) mass is 476 g/mol. The highest BCUT2D eigenvalue weighted by atomic mass is 32.2. The molecule has 0 aliphatic carbocycles. The van der Waals surface area contributed by atoms with Crippen molar-refractivity contribution in [2.45, 2.75) is 9.79 Å². The van der Waals surface area contributed by atoms with E-state index in [4.69, 9.17) is 0 Å². The van der Waals surface area contributed by atoms with Gasteiger partial charge in [-0.2, -0.15) is 0 Å². The lowest BCUT2D eigenvalue weighted by atomic mass is 9.97. The molecule has 0 spiro atoms. The van der Waals surface area contributed by atoms with Gasteiger partial charge in [0.25, 0.3) is 20.0 Å². The zero-order valence-electron chi connectivity index (χ0n) is 17.4. The van der Waals surface area contributed by atoms with Gasteiger partial charge >= 0.3 is 0 Å². The molecular weight excluding hydrogens is 459 g/mol. The third kappa shape index (κ3) is 3.55. The fraction of sp³-hybridized carbons (Fsp3) is 0. The zero-order chi connectivity index (χ0) is 23.2. The van der Waals surface area contributed by atoms with Crippen molar-refractivity contribution in [3.8, 4) is 11.3 Å². The molecule has 0 amide bonds. The van der Waals surface area contributed by atoms with Crippen molar-refractivity contribution in [2.75, 3.05) is 0 Å². The van der Waals surface area contributed by atoms with Gasteiger partial charge < -0.3 is 0 Å². The lowest BCUT2D eigenvalue weighted by Gasteiger charge is -2.06. The maximum atomic E-state index is 13.3. The van der Waals surface area contributed by atoms with Crippen molar-refractivity contribution in [1.82, 2.24) is 17.9 Å². The molecule has 5 aromatic rings. The summed E-state index contributed by atoms with van der Waals surface area (Å²) in [6.07, 6.45) is 5.59. The van der Waals surface area contributed by atoms with E-state index in [1.807, 2.05) is 7.85 Å². The van der Waals surface area contributed by atoms with Crippen LogP contribution in [0, 0.1) is 0 Å². The molecule has 0 fully saturated rings. The number of nitrogens with zero attached hydrogens (tertiary/aromatic N) is 4. The van der Waals surface area contributed by atoms with Crippen LogP contribution in [-0.4, -0.2) is 42.6 Å². The standard InChI is InChI=1S/C22H17BN4O4S2/c23-16-11-19-20(21-14-26(15-25-21)32(28,29)17-7-3-1-4-8-17)13-27(22(19)24-12-16)33(30,31)18-9-5-2-6-10-18/h1-15H,23H2. The van der Waals surface area contributed by atoms with Gasteiger partial charge in [0.05, 0.1) is 15.5 Å². The van der Waals surface area contributed by atoms with Crippen LogP contribution in [0.2, 0.25) is 0 Å². The van der Waals surface area contributed by atoms with Gasteiger partial charge in [-0.05, 0) is 24.3 Å². The van der Waals surface area contributed by atoms with Crippen molar-refractivity contribution in [2.24, 2.45) is 0 Å². The van der Waals surface area contributed by atoms with Crippen LogP contribution in [0.25, 0.3) is 22.3 Å². The second kappa shape index (κ2) is 7.71. The number of rotatable bonds is 5. The molecule has 33 heavy (non-hydrogen) atoms. The molecule has 0 saturated carbocycles. The van der Waals surface area contributed by atoms with Gasteiger partial charge in [0.2, 0.25) is 0 Å². The van der Waals surface area contributed by atoms with Gasteiger partial charge in [0, 0.05) is 29.5 Å². The van der Waals surface area contributed by atoms with Crippen molar-refractivity contribution >= 4 is 44.4 Å². The van der Waals surface area contributed by atoms with E-state index in [1.54, 1.807) is 48.7 Å². The van der Waals surface area contributed by atoms with E-state index in [1.165, 1.54) is 43.0 Å². The molecule has 0 atom stereocenters. The Labute approximate surface area is 191 Å². The predicted molar refractivity (Wildman–Crippen MR) is 127 cm³/mol. The summed E-state index contributed by atoms with van der Waals surface area (Å²) in [5.74, 6) is 0. The van der Waals surface area contributed by atoms with E-state index in [-0.39, 0.29) is 15.4 Å². The number of aromatic nitrogens is 4. The Balaban J connectivity index is 1.69. The number of hydrogen-bond donors (Lipinski definition) is 0. The van der Waals surface area contributed by atoms with Crippen LogP contribution in [0.4, 0.5) is 0 Å². The molecule has 5 rings (SSSR count). The minimum atomic E-state index is -3.93. The predicted octanol–water partition coefficient (Wildman–Crippen LogP) is 1.63. The third-order valence-electron chi connectivity index (χ3n) is 5.20. The average molecular weight is 476 g/mol. The second-order valence-electron chi connectivity index (χ2n) is 7.45. The first kappa shape index (κ1) is 21.2. The molecule has 0 N–H and O–H groups in total. The summed E-state index contributed by atoms with van der Waals surface area (Å²) in [4.78, 5) is 8.87. The van der Waals surface area contributed by atoms with Crippen molar-refractivity contribution < 1.29 is 16.8 Å². The number of benzene rings is 2. The molecule has 0 aliphatic heterocycles. The highest BCUT2D eigenvalue weighted by molar-refractivity contribution is 7.90. The molecule has 0 bridgehead atoms. The van der Waals surface area contributed by atoms with Gasteiger partial charge in [-0.1, -0.05) is 47.9 Å². The van der Waals surface area contributed by atoms with E-state index >= 15 is 0 Å². The minimum absolute atomic E-state index is 0.119. The zero-order valence-corrected chi connectivity index (χ0v) is 19.0. The Morgan fingerprint density at radius 2 is 1.36 bits per heavy atom. The molecule has 0 aliphatic rings. The minimum Gasteiger partial charge on any atom is -0.238 e. The first-order chi connectivity index (χ1) is 15.8. The normalized spacial score (nSPS) is 12.2. The number of hydrogen-bond acceptors (Lipinski definition) is 6. The summed E-state index contributed by atoms with van der Waals surface area (Å²) < 4.78 is 54.7. The molecule has 164 valence electrons. The smallest absolute Gasteiger partial charge is 0.238 e. The maximum absolute atomic E-state index is 13.3. The first-order valence-corrected chi connectivity index (χ1v) is 12.8. The van der Waals surface area contributed by atoms with E-state index in [0.717, 1.165) is 13.4 Å². The number of imidazole rings is 1. The van der Waals surface area contributed by atoms with Gasteiger partial charge in [-0.3, -0.25) is 0 Å². The highest BCUT2D eigenvalue weighted by Crippen LogP contribution is 2.31. The van der Waals surface area contributed by atoms with Crippen LogP contribution in [0.5, 0.6) is 0 Å². The Kier molecular flexibility index (Phi) is 4.95. The number of fused-ring (bicyclic) bond motifs is 1. The van der Waals surface area contributed by atoms with Crippen molar-refractivity contribution in [3.63, 3.8) is 0 Å². The van der Waals surface area contributed by atoms with Crippen LogP contribution < -0.4 is 5.46 Å². The van der Waals surface area contributed by atoms with E-state index < -0.39 is 20.0 Å². The molecule has 2 aromatic carbocycles. The van der Waals surface area contributed by atoms with E-state index in [9.17, 15) is 16.8 Å². The Hall–Kier alpha value is -3.70. The van der Waals surface area contributed by atoms with Crippen LogP contribution >= 0.6 is 0 Å². The molecule has 0 unspecified atom stereocenters. The van der Waals surface area contributed by atoms with Crippen LogP contribution in [0.15, 0.2) is 101 Å². The van der Waals surface area contributed by atoms with Crippen LogP contribution in [0.3, 0.4) is 0 Å². The summed E-state index contributed by atoms with van der Waals surface area (Å²) in [5.41, 5.74) is 1.84. The van der Waals surface area contributed by atoms with Crippen molar-refractivity contribution in [1.29, 1.82) is 0 Å². The summed E-state index contributed by atoms with van der Waals surface area (Å²) in [6, 6.07) is 17.9. The Morgan fingerprint density at radius 1 is 0.758 bits per heavy atom. The molecule has 0 radical (unpaired) electrons.